The van der Waals surface area contributed by atoms with E-state index < -0.39 is 31.9 Å². The van der Waals surface area contributed by atoms with Crippen molar-refractivity contribution in [3.05, 3.63) is 17.9 Å². The van der Waals surface area contributed by atoms with Crippen molar-refractivity contribution in [1.29, 1.82) is 5.26 Å². The first kappa shape index (κ1) is 11.3. The lowest BCUT2D eigenvalue weighted by Crippen LogP contribution is -2.15. The highest BCUT2D eigenvalue weighted by atomic mass is 32.2. The van der Waals surface area contributed by atoms with E-state index in [1.54, 1.807) is 6.07 Å². The van der Waals surface area contributed by atoms with Crippen molar-refractivity contribution in [2.75, 3.05) is 0 Å². The molecule has 1 rings (SSSR count). The van der Waals surface area contributed by atoms with Crippen LogP contribution < -0.4 is 0 Å². The maximum Gasteiger partial charge on any atom is 0.371 e. The predicted octanol–water partition coefficient (Wildman–Crippen LogP) is 0.664. The fraction of sp³-hybridized carbons (Fsp3) is 0.250. The Morgan fingerprint density at radius 3 is 2.60 bits per heavy atom. The molecule has 0 fully saturated rings. The molecule has 0 aromatic carbocycles. The molecule has 0 bridgehead atoms. The van der Waals surface area contributed by atoms with Gasteiger partial charge >= 0.3 is 5.97 Å². The smallest absolute Gasteiger partial charge is 0.371 e. The van der Waals surface area contributed by atoms with Gasteiger partial charge in [0.2, 0.25) is 20.7 Å². The Labute approximate surface area is 85.7 Å². The summed E-state index contributed by atoms with van der Waals surface area (Å²) in [6, 6.07) is 3.59. The minimum atomic E-state index is -3.89. The maximum absolute atomic E-state index is 11.5. The van der Waals surface area contributed by atoms with E-state index in [9.17, 15) is 13.2 Å². The summed E-state index contributed by atoms with van der Waals surface area (Å²) in [5.41, 5.74) is 0. The van der Waals surface area contributed by atoms with Crippen molar-refractivity contribution in [3.8, 4) is 6.07 Å². The standard InChI is InChI=1S/C8H7NO5S/c1-5(4-9)15(12,13)7-3-2-6(14-7)8(10)11/h2-3,5H,1H3,(H,10,11). The lowest BCUT2D eigenvalue weighted by Gasteiger charge is -2.00. The zero-order valence-corrected chi connectivity index (χ0v) is 8.48. The minimum Gasteiger partial charge on any atom is -0.475 e. The number of sulfone groups is 1. The summed E-state index contributed by atoms with van der Waals surface area (Å²) in [6.45, 7) is 1.19. The van der Waals surface area contributed by atoms with Crippen LogP contribution in [0.3, 0.4) is 0 Å². The maximum atomic E-state index is 11.5. The number of aromatic carboxylic acids is 1. The van der Waals surface area contributed by atoms with E-state index in [0.29, 0.717) is 0 Å². The van der Waals surface area contributed by atoms with Crippen LogP contribution in [0.4, 0.5) is 0 Å². The van der Waals surface area contributed by atoms with Crippen molar-refractivity contribution in [1.82, 2.24) is 0 Å². The van der Waals surface area contributed by atoms with Gasteiger partial charge < -0.3 is 9.52 Å². The quantitative estimate of drug-likeness (QED) is 0.815. The third-order valence-electron chi connectivity index (χ3n) is 1.72. The van der Waals surface area contributed by atoms with Crippen LogP contribution in [0.15, 0.2) is 21.6 Å². The molecule has 1 N–H and O–H groups in total. The molecule has 1 atom stereocenters. The lowest BCUT2D eigenvalue weighted by molar-refractivity contribution is 0.0656. The Morgan fingerprint density at radius 2 is 2.20 bits per heavy atom. The number of hydrogen-bond acceptors (Lipinski definition) is 5. The van der Waals surface area contributed by atoms with Crippen molar-refractivity contribution in [2.24, 2.45) is 0 Å². The van der Waals surface area contributed by atoms with E-state index in [1.165, 1.54) is 6.92 Å². The zero-order valence-electron chi connectivity index (χ0n) is 7.67. The van der Waals surface area contributed by atoms with Crippen LogP contribution in [0, 0.1) is 11.3 Å². The SMILES string of the molecule is CC(C#N)S(=O)(=O)c1ccc(C(=O)O)o1. The lowest BCUT2D eigenvalue weighted by atomic mass is 10.5. The Hall–Kier alpha value is -1.81. The van der Waals surface area contributed by atoms with Gasteiger partial charge in [0.15, 0.2) is 5.25 Å². The van der Waals surface area contributed by atoms with Crippen LogP contribution in [-0.4, -0.2) is 24.7 Å². The zero-order chi connectivity index (χ0) is 11.6. The average Bonchev–Trinajstić information content (AvgIpc) is 2.65. The summed E-state index contributed by atoms with van der Waals surface area (Å²) in [5, 5.41) is 15.2. The normalized spacial score (nSPS) is 13.1. The highest BCUT2D eigenvalue weighted by Crippen LogP contribution is 2.18. The molecule has 6 nitrogen and oxygen atoms in total. The highest BCUT2D eigenvalue weighted by molar-refractivity contribution is 7.92. The number of carboxylic acids is 1. The number of rotatable bonds is 3. The molecule has 0 spiro atoms. The fourth-order valence-corrected chi connectivity index (χ4v) is 1.78. The van der Waals surface area contributed by atoms with E-state index in [2.05, 4.69) is 4.42 Å². The second kappa shape index (κ2) is 3.74. The van der Waals surface area contributed by atoms with Crippen LogP contribution in [0.2, 0.25) is 0 Å². The molecule has 0 saturated carbocycles. The third-order valence-corrected chi connectivity index (χ3v) is 3.54. The summed E-state index contributed by atoms with van der Waals surface area (Å²) < 4.78 is 27.6. The Morgan fingerprint density at radius 1 is 1.60 bits per heavy atom. The average molecular weight is 229 g/mol. The van der Waals surface area contributed by atoms with Gasteiger partial charge in [0.05, 0.1) is 6.07 Å². The van der Waals surface area contributed by atoms with E-state index in [4.69, 9.17) is 10.4 Å². The molecular weight excluding hydrogens is 222 g/mol. The van der Waals surface area contributed by atoms with Gasteiger partial charge in [-0.25, -0.2) is 13.2 Å². The van der Waals surface area contributed by atoms with Gasteiger partial charge in [0.1, 0.15) is 0 Å². The molecule has 1 heterocycles. The van der Waals surface area contributed by atoms with Gasteiger partial charge in [-0.2, -0.15) is 5.26 Å². The first-order valence-corrected chi connectivity index (χ1v) is 5.41. The molecule has 0 aliphatic heterocycles. The largest absolute Gasteiger partial charge is 0.475 e. The minimum absolute atomic E-state index is 0.473. The second-order valence-electron chi connectivity index (χ2n) is 2.74. The third kappa shape index (κ3) is 1.99. The molecule has 0 amide bonds. The van der Waals surface area contributed by atoms with Crippen LogP contribution in [0.5, 0.6) is 0 Å². The molecule has 1 aromatic rings. The monoisotopic (exact) mass is 229 g/mol. The topological polar surface area (TPSA) is 108 Å². The summed E-state index contributed by atoms with van der Waals surface area (Å²) in [5.74, 6) is -1.83. The summed E-state index contributed by atoms with van der Waals surface area (Å²) >= 11 is 0. The molecule has 0 radical (unpaired) electrons. The number of carboxylic acid groups (broad SMARTS) is 1. The molecule has 0 aliphatic rings. The van der Waals surface area contributed by atoms with E-state index in [0.717, 1.165) is 12.1 Å². The molecule has 7 heteroatoms. The summed E-state index contributed by atoms with van der Waals surface area (Å²) in [6.07, 6.45) is 0. The van der Waals surface area contributed by atoms with Gasteiger partial charge in [-0.1, -0.05) is 0 Å². The van der Waals surface area contributed by atoms with Gasteiger partial charge in [-0.15, -0.1) is 0 Å². The van der Waals surface area contributed by atoms with Crippen molar-refractivity contribution >= 4 is 15.8 Å². The Bertz CT molecular complexity index is 521. The number of carbonyl (C=O) groups is 1. The summed E-state index contributed by atoms with van der Waals surface area (Å²) in [4.78, 5) is 10.4. The van der Waals surface area contributed by atoms with Gasteiger partial charge in [-0.05, 0) is 19.1 Å². The van der Waals surface area contributed by atoms with Gasteiger partial charge in [-0.3, -0.25) is 0 Å². The Balaban J connectivity index is 3.19. The molecule has 1 aromatic heterocycles. The van der Waals surface area contributed by atoms with Crippen molar-refractivity contribution in [3.63, 3.8) is 0 Å². The number of hydrogen-bond donors (Lipinski definition) is 1. The molecular formula is C8H7NO5S. The van der Waals surface area contributed by atoms with E-state index in [1.807, 2.05) is 0 Å². The van der Waals surface area contributed by atoms with Crippen molar-refractivity contribution < 1.29 is 22.7 Å². The van der Waals surface area contributed by atoms with E-state index >= 15 is 0 Å². The van der Waals surface area contributed by atoms with E-state index in [-0.39, 0.29) is 0 Å². The van der Waals surface area contributed by atoms with Gasteiger partial charge in [0, 0.05) is 0 Å². The van der Waals surface area contributed by atoms with Crippen LogP contribution in [0.25, 0.3) is 0 Å². The highest BCUT2D eigenvalue weighted by Gasteiger charge is 2.27. The molecule has 15 heavy (non-hydrogen) atoms. The fourth-order valence-electron chi connectivity index (χ4n) is 0.832. The predicted molar refractivity (Wildman–Crippen MR) is 47.9 cm³/mol. The number of nitrogens with zero attached hydrogens (tertiary/aromatic N) is 1. The molecule has 80 valence electrons. The number of furan rings is 1. The summed E-state index contributed by atoms with van der Waals surface area (Å²) in [7, 11) is -3.89. The first-order chi connectivity index (χ1) is 6.89. The Kier molecular flexibility index (Phi) is 2.81. The second-order valence-corrected chi connectivity index (χ2v) is 4.94. The van der Waals surface area contributed by atoms with Gasteiger partial charge in [0.25, 0.3) is 0 Å². The molecule has 0 saturated heterocycles. The van der Waals surface area contributed by atoms with Crippen LogP contribution in [0.1, 0.15) is 17.5 Å². The number of nitriles is 1. The first-order valence-electron chi connectivity index (χ1n) is 3.86. The molecule has 1 unspecified atom stereocenters. The van der Waals surface area contributed by atoms with Crippen LogP contribution >= 0.6 is 0 Å². The van der Waals surface area contributed by atoms with Crippen molar-refractivity contribution in [2.45, 2.75) is 17.3 Å². The molecule has 0 aliphatic carbocycles. The van der Waals surface area contributed by atoms with Crippen LogP contribution in [-0.2, 0) is 9.84 Å².